The molecule has 1 N–H and O–H groups in total. The van der Waals surface area contributed by atoms with Crippen molar-refractivity contribution < 1.29 is 9.90 Å². The van der Waals surface area contributed by atoms with Crippen molar-refractivity contribution in [1.82, 2.24) is 9.88 Å². The van der Waals surface area contributed by atoms with E-state index in [2.05, 4.69) is 37.9 Å². The van der Waals surface area contributed by atoms with Crippen LogP contribution in [-0.2, 0) is 6.42 Å². The summed E-state index contributed by atoms with van der Waals surface area (Å²) in [4.78, 5) is 22.8. The van der Waals surface area contributed by atoms with Gasteiger partial charge in [-0.2, -0.15) is 0 Å². The Balaban J connectivity index is 1.84. The maximum Gasteiger partial charge on any atom is 0.336 e. The molecule has 3 aromatic rings. The van der Waals surface area contributed by atoms with Gasteiger partial charge in [-0.15, -0.1) is 11.3 Å². The molecule has 0 unspecified atom stereocenters. The zero-order valence-electron chi connectivity index (χ0n) is 17.1. The number of aromatic nitrogens is 1. The summed E-state index contributed by atoms with van der Waals surface area (Å²) in [5.41, 5.74) is 6.11. The molecule has 5 nitrogen and oxygen atoms in total. The van der Waals surface area contributed by atoms with Crippen molar-refractivity contribution in [3.8, 4) is 11.3 Å². The molecule has 0 amide bonds. The molecular weight excluding hydrogens is 382 g/mol. The van der Waals surface area contributed by atoms with Gasteiger partial charge >= 0.3 is 5.97 Å². The molecule has 3 rings (SSSR count). The lowest BCUT2D eigenvalue weighted by Crippen LogP contribution is -2.14. The SMILES string of the molecule is CCN(C)C=Nc1cc(C)c(Cc2nc(-c3ccccc3C(=O)O)cs2)cc1C. The average Bonchev–Trinajstić information content (AvgIpc) is 3.17. The second-order valence-corrected chi connectivity index (χ2v) is 7.98. The predicted octanol–water partition coefficient (Wildman–Crippen LogP) is 5.33. The van der Waals surface area contributed by atoms with Crippen molar-refractivity contribution in [2.24, 2.45) is 4.99 Å². The number of thiazole rings is 1. The van der Waals surface area contributed by atoms with E-state index in [9.17, 15) is 9.90 Å². The molecule has 1 aromatic heterocycles. The summed E-state index contributed by atoms with van der Waals surface area (Å²) in [6.45, 7) is 7.16. The van der Waals surface area contributed by atoms with Crippen LogP contribution in [0.25, 0.3) is 11.3 Å². The molecule has 0 aliphatic carbocycles. The molecule has 150 valence electrons. The highest BCUT2D eigenvalue weighted by Crippen LogP contribution is 2.29. The standard InChI is InChI=1S/C23H25N3O2S/c1-5-26(4)14-24-20-11-15(2)17(10-16(20)3)12-22-25-21(13-29-22)18-8-6-7-9-19(18)23(27)28/h6-11,13-14H,5,12H2,1-4H3,(H,27,28). The third-order valence-corrected chi connectivity index (χ3v) is 5.72. The minimum absolute atomic E-state index is 0.274. The van der Waals surface area contributed by atoms with E-state index in [1.807, 2.05) is 29.7 Å². The van der Waals surface area contributed by atoms with E-state index in [1.54, 1.807) is 29.5 Å². The van der Waals surface area contributed by atoms with Gasteiger partial charge in [-0.05, 0) is 49.6 Å². The molecule has 0 spiro atoms. The van der Waals surface area contributed by atoms with Crippen molar-refractivity contribution in [1.29, 1.82) is 0 Å². The van der Waals surface area contributed by atoms with Gasteiger partial charge < -0.3 is 10.0 Å². The smallest absolute Gasteiger partial charge is 0.336 e. The zero-order chi connectivity index (χ0) is 21.0. The molecule has 0 bridgehead atoms. The molecule has 29 heavy (non-hydrogen) atoms. The number of hydrogen-bond donors (Lipinski definition) is 1. The van der Waals surface area contributed by atoms with Crippen LogP contribution in [0.5, 0.6) is 0 Å². The van der Waals surface area contributed by atoms with E-state index in [0.717, 1.165) is 22.8 Å². The fraction of sp³-hybridized carbons (Fsp3) is 0.261. The molecule has 2 aromatic carbocycles. The molecule has 6 heteroatoms. The lowest BCUT2D eigenvalue weighted by Gasteiger charge is -2.11. The van der Waals surface area contributed by atoms with Gasteiger partial charge in [0, 0.05) is 31.0 Å². The first kappa shape index (κ1) is 20.7. The normalized spacial score (nSPS) is 11.2. The van der Waals surface area contributed by atoms with Gasteiger partial charge in [0.05, 0.1) is 28.3 Å². The van der Waals surface area contributed by atoms with Crippen LogP contribution >= 0.6 is 11.3 Å². The first-order chi connectivity index (χ1) is 13.9. The number of carboxylic acid groups (broad SMARTS) is 1. The number of hydrogen-bond acceptors (Lipinski definition) is 4. The quantitative estimate of drug-likeness (QED) is 0.425. The summed E-state index contributed by atoms with van der Waals surface area (Å²) in [6, 6.07) is 11.3. The zero-order valence-corrected chi connectivity index (χ0v) is 18.0. The van der Waals surface area contributed by atoms with Crippen LogP contribution in [0.2, 0.25) is 0 Å². The molecule has 0 aliphatic heterocycles. The van der Waals surface area contributed by atoms with Crippen molar-refractivity contribution in [2.45, 2.75) is 27.2 Å². The van der Waals surface area contributed by atoms with Crippen LogP contribution in [-0.4, -0.2) is 40.9 Å². The predicted molar refractivity (Wildman–Crippen MR) is 120 cm³/mol. The number of rotatable bonds is 7. The maximum absolute atomic E-state index is 11.5. The lowest BCUT2D eigenvalue weighted by atomic mass is 10.0. The lowest BCUT2D eigenvalue weighted by molar-refractivity contribution is 0.0697. The Morgan fingerprint density at radius 2 is 2.00 bits per heavy atom. The molecule has 0 aliphatic rings. The molecule has 0 fully saturated rings. The van der Waals surface area contributed by atoms with Gasteiger partial charge in [0.1, 0.15) is 0 Å². The van der Waals surface area contributed by atoms with Crippen LogP contribution in [0.1, 0.15) is 39.0 Å². The number of carbonyl (C=O) groups is 1. The van der Waals surface area contributed by atoms with Crippen LogP contribution in [0.3, 0.4) is 0 Å². The maximum atomic E-state index is 11.5. The second kappa shape index (κ2) is 9.01. The Labute approximate surface area is 175 Å². The highest BCUT2D eigenvalue weighted by atomic mass is 32.1. The molecule has 0 radical (unpaired) electrons. The number of carboxylic acids is 1. The Morgan fingerprint density at radius 3 is 2.72 bits per heavy atom. The topological polar surface area (TPSA) is 65.8 Å². The van der Waals surface area contributed by atoms with Gasteiger partial charge in [-0.3, -0.25) is 0 Å². The van der Waals surface area contributed by atoms with Crippen LogP contribution < -0.4 is 0 Å². The number of benzene rings is 2. The van der Waals surface area contributed by atoms with Crippen LogP contribution in [0.4, 0.5) is 5.69 Å². The number of aryl methyl sites for hydroxylation is 2. The Bertz CT molecular complexity index is 1060. The highest BCUT2D eigenvalue weighted by molar-refractivity contribution is 7.10. The van der Waals surface area contributed by atoms with E-state index in [-0.39, 0.29) is 5.56 Å². The average molecular weight is 408 g/mol. The van der Waals surface area contributed by atoms with Gasteiger partial charge in [-0.25, -0.2) is 14.8 Å². The number of aliphatic imine (C=N–C) groups is 1. The first-order valence-corrected chi connectivity index (χ1v) is 10.4. The van der Waals surface area contributed by atoms with E-state index >= 15 is 0 Å². The number of nitrogens with zero attached hydrogens (tertiary/aromatic N) is 3. The Kier molecular flexibility index (Phi) is 6.44. The summed E-state index contributed by atoms with van der Waals surface area (Å²) in [7, 11) is 2.00. The van der Waals surface area contributed by atoms with E-state index < -0.39 is 5.97 Å². The third-order valence-electron chi connectivity index (χ3n) is 4.87. The molecule has 0 saturated heterocycles. The number of aromatic carboxylic acids is 1. The largest absolute Gasteiger partial charge is 0.478 e. The molecular formula is C23H25N3O2S. The van der Waals surface area contributed by atoms with Crippen LogP contribution in [0.15, 0.2) is 46.8 Å². The van der Waals surface area contributed by atoms with Crippen molar-refractivity contribution in [2.75, 3.05) is 13.6 Å². The van der Waals surface area contributed by atoms with Crippen molar-refractivity contribution in [3.63, 3.8) is 0 Å². The molecule has 1 heterocycles. The van der Waals surface area contributed by atoms with E-state index in [1.165, 1.54) is 11.1 Å². The Morgan fingerprint density at radius 1 is 1.24 bits per heavy atom. The summed E-state index contributed by atoms with van der Waals surface area (Å²) in [6.07, 6.45) is 2.57. The summed E-state index contributed by atoms with van der Waals surface area (Å²) < 4.78 is 0. The first-order valence-electron chi connectivity index (χ1n) is 9.50. The van der Waals surface area contributed by atoms with Gasteiger partial charge in [0.25, 0.3) is 0 Å². The fourth-order valence-electron chi connectivity index (χ4n) is 3.00. The molecule has 0 atom stereocenters. The van der Waals surface area contributed by atoms with E-state index in [0.29, 0.717) is 17.7 Å². The second-order valence-electron chi connectivity index (χ2n) is 7.04. The fourth-order valence-corrected chi connectivity index (χ4v) is 3.82. The van der Waals surface area contributed by atoms with Gasteiger partial charge in [0.15, 0.2) is 0 Å². The molecule has 0 saturated carbocycles. The van der Waals surface area contributed by atoms with Crippen molar-refractivity contribution in [3.05, 3.63) is 69.0 Å². The van der Waals surface area contributed by atoms with Crippen LogP contribution in [0, 0.1) is 13.8 Å². The minimum Gasteiger partial charge on any atom is -0.478 e. The summed E-state index contributed by atoms with van der Waals surface area (Å²) in [5, 5.41) is 12.3. The van der Waals surface area contributed by atoms with E-state index in [4.69, 9.17) is 4.98 Å². The highest BCUT2D eigenvalue weighted by Gasteiger charge is 2.14. The van der Waals surface area contributed by atoms with Crippen molar-refractivity contribution >= 4 is 29.3 Å². The monoisotopic (exact) mass is 407 g/mol. The summed E-state index contributed by atoms with van der Waals surface area (Å²) in [5.74, 6) is -0.938. The third kappa shape index (κ3) is 4.90. The van der Waals surface area contributed by atoms with Gasteiger partial charge in [0.2, 0.25) is 0 Å². The van der Waals surface area contributed by atoms with Gasteiger partial charge in [-0.1, -0.05) is 24.3 Å². The minimum atomic E-state index is -0.938. The summed E-state index contributed by atoms with van der Waals surface area (Å²) >= 11 is 1.56. The Hall–Kier alpha value is -2.99.